The molecule has 1 heterocycles. The third-order valence-corrected chi connectivity index (χ3v) is 4.95. The van der Waals surface area contributed by atoms with Gasteiger partial charge in [0.15, 0.2) is 17.8 Å². The Morgan fingerprint density at radius 2 is 1.79 bits per heavy atom. The standard InChI is InChI=1S/C19H28N4O4S/c1-5-26-16(27-6-2)11-28-15-9-12(8-14(24-3)17(15)25-4)7-13-10-22-19(21)23-18(13)20/h8-10,16H,5-7,11H2,1-4H3,(H4,20,21,22,23). The number of nitrogens with zero attached hydrogens (tertiary/aromatic N) is 2. The summed E-state index contributed by atoms with van der Waals surface area (Å²) in [7, 11) is 3.23. The lowest BCUT2D eigenvalue weighted by molar-refractivity contribution is -0.120. The quantitative estimate of drug-likeness (QED) is 0.428. The first-order chi connectivity index (χ1) is 13.5. The van der Waals surface area contributed by atoms with Crippen LogP contribution in [0.5, 0.6) is 11.5 Å². The van der Waals surface area contributed by atoms with Crippen molar-refractivity contribution in [3.63, 3.8) is 0 Å². The van der Waals surface area contributed by atoms with Gasteiger partial charge in [0.1, 0.15) is 5.82 Å². The molecule has 0 atom stereocenters. The van der Waals surface area contributed by atoms with Gasteiger partial charge in [0.05, 0.1) is 19.1 Å². The molecule has 2 rings (SSSR count). The van der Waals surface area contributed by atoms with Gasteiger partial charge in [-0.2, -0.15) is 4.98 Å². The minimum absolute atomic E-state index is 0.155. The summed E-state index contributed by atoms with van der Waals surface area (Å²) in [5.41, 5.74) is 13.3. The van der Waals surface area contributed by atoms with Crippen LogP contribution in [0, 0.1) is 0 Å². The van der Waals surface area contributed by atoms with Crippen LogP contribution in [-0.4, -0.2) is 49.4 Å². The molecule has 28 heavy (non-hydrogen) atoms. The maximum Gasteiger partial charge on any atom is 0.221 e. The Kier molecular flexibility index (Phi) is 8.62. The molecule has 0 unspecified atom stereocenters. The highest BCUT2D eigenvalue weighted by Gasteiger charge is 2.17. The van der Waals surface area contributed by atoms with Crippen LogP contribution in [0.25, 0.3) is 0 Å². The van der Waals surface area contributed by atoms with Crippen LogP contribution in [-0.2, 0) is 15.9 Å². The average Bonchev–Trinajstić information content (AvgIpc) is 2.68. The van der Waals surface area contributed by atoms with Crippen molar-refractivity contribution in [1.82, 2.24) is 9.97 Å². The second-order valence-electron chi connectivity index (χ2n) is 5.80. The Bertz CT molecular complexity index is 770. The first-order valence-electron chi connectivity index (χ1n) is 9.00. The van der Waals surface area contributed by atoms with Gasteiger partial charge < -0.3 is 30.4 Å². The summed E-state index contributed by atoms with van der Waals surface area (Å²) in [6.07, 6.45) is 1.89. The SMILES string of the molecule is CCOC(CSc1cc(Cc2cnc(N)nc2N)cc(OC)c1OC)OCC. The third-order valence-electron chi connectivity index (χ3n) is 3.90. The number of thioether (sulfide) groups is 1. The lowest BCUT2D eigenvalue weighted by Crippen LogP contribution is -2.20. The first-order valence-corrected chi connectivity index (χ1v) is 9.98. The van der Waals surface area contributed by atoms with E-state index in [0.29, 0.717) is 42.7 Å². The molecule has 0 aliphatic carbocycles. The summed E-state index contributed by atoms with van der Waals surface area (Å²) in [5.74, 6) is 2.45. The number of hydrogen-bond donors (Lipinski definition) is 2. The lowest BCUT2D eigenvalue weighted by Gasteiger charge is -2.19. The van der Waals surface area contributed by atoms with Crippen molar-refractivity contribution in [3.8, 4) is 11.5 Å². The van der Waals surface area contributed by atoms with Gasteiger partial charge in [-0.25, -0.2) is 4.98 Å². The highest BCUT2D eigenvalue weighted by molar-refractivity contribution is 7.99. The maximum atomic E-state index is 5.97. The summed E-state index contributed by atoms with van der Waals surface area (Å²) in [4.78, 5) is 8.97. The Morgan fingerprint density at radius 3 is 2.36 bits per heavy atom. The number of rotatable bonds is 11. The molecule has 0 saturated heterocycles. The van der Waals surface area contributed by atoms with Crippen molar-refractivity contribution in [2.75, 3.05) is 44.7 Å². The van der Waals surface area contributed by atoms with E-state index in [1.807, 2.05) is 26.0 Å². The molecule has 0 fully saturated rings. The van der Waals surface area contributed by atoms with Crippen LogP contribution >= 0.6 is 11.8 Å². The van der Waals surface area contributed by atoms with E-state index in [1.54, 1.807) is 32.2 Å². The Balaban J connectivity index is 2.28. The van der Waals surface area contributed by atoms with Gasteiger partial charge >= 0.3 is 0 Å². The van der Waals surface area contributed by atoms with Crippen LogP contribution in [0.3, 0.4) is 0 Å². The number of benzene rings is 1. The van der Waals surface area contributed by atoms with Crippen LogP contribution in [0.4, 0.5) is 11.8 Å². The lowest BCUT2D eigenvalue weighted by atomic mass is 10.1. The molecule has 0 aliphatic heterocycles. The summed E-state index contributed by atoms with van der Waals surface area (Å²) >= 11 is 1.58. The predicted molar refractivity (Wildman–Crippen MR) is 111 cm³/mol. The summed E-state index contributed by atoms with van der Waals surface area (Å²) < 4.78 is 22.3. The van der Waals surface area contributed by atoms with E-state index < -0.39 is 0 Å². The molecular formula is C19H28N4O4S. The van der Waals surface area contributed by atoms with E-state index in [2.05, 4.69) is 9.97 Å². The molecule has 0 saturated carbocycles. The Labute approximate surface area is 169 Å². The zero-order valence-electron chi connectivity index (χ0n) is 16.7. The van der Waals surface area contributed by atoms with Crippen molar-refractivity contribution in [2.45, 2.75) is 31.5 Å². The summed E-state index contributed by atoms with van der Waals surface area (Å²) in [6, 6.07) is 3.96. The molecular weight excluding hydrogens is 380 g/mol. The fraction of sp³-hybridized carbons (Fsp3) is 0.474. The maximum absolute atomic E-state index is 5.97. The van der Waals surface area contributed by atoms with Gasteiger partial charge in [0.2, 0.25) is 5.95 Å². The Morgan fingerprint density at radius 1 is 1.07 bits per heavy atom. The molecule has 0 spiro atoms. The number of methoxy groups -OCH3 is 2. The van der Waals surface area contributed by atoms with E-state index in [-0.39, 0.29) is 12.2 Å². The van der Waals surface area contributed by atoms with E-state index >= 15 is 0 Å². The normalized spacial score (nSPS) is 11.0. The van der Waals surface area contributed by atoms with E-state index in [4.69, 9.17) is 30.4 Å². The van der Waals surface area contributed by atoms with Crippen LogP contribution in [0.2, 0.25) is 0 Å². The smallest absolute Gasteiger partial charge is 0.221 e. The van der Waals surface area contributed by atoms with Gasteiger partial charge in [-0.05, 0) is 31.5 Å². The average molecular weight is 409 g/mol. The second kappa shape index (κ2) is 10.9. The zero-order chi connectivity index (χ0) is 20.5. The molecule has 1 aromatic carbocycles. The fourth-order valence-corrected chi connectivity index (χ4v) is 3.72. The molecule has 9 heteroatoms. The first kappa shape index (κ1) is 22.1. The van der Waals surface area contributed by atoms with Crippen molar-refractivity contribution < 1.29 is 18.9 Å². The molecule has 0 bridgehead atoms. The topological polar surface area (TPSA) is 115 Å². The molecule has 0 aliphatic rings. The molecule has 2 aromatic rings. The van der Waals surface area contributed by atoms with Crippen LogP contribution in [0.15, 0.2) is 23.2 Å². The number of hydrogen-bond acceptors (Lipinski definition) is 9. The monoisotopic (exact) mass is 408 g/mol. The highest BCUT2D eigenvalue weighted by atomic mass is 32.2. The van der Waals surface area contributed by atoms with Crippen molar-refractivity contribution >= 4 is 23.5 Å². The molecule has 4 N–H and O–H groups in total. The van der Waals surface area contributed by atoms with Crippen LogP contribution < -0.4 is 20.9 Å². The van der Waals surface area contributed by atoms with E-state index in [1.165, 1.54) is 0 Å². The minimum Gasteiger partial charge on any atom is -0.493 e. The zero-order valence-corrected chi connectivity index (χ0v) is 17.5. The number of anilines is 2. The molecule has 0 radical (unpaired) electrons. The molecule has 1 aromatic heterocycles. The number of nitrogens with two attached hydrogens (primary N) is 2. The van der Waals surface area contributed by atoms with E-state index in [0.717, 1.165) is 16.0 Å². The summed E-state index contributed by atoms with van der Waals surface area (Å²) in [5, 5.41) is 0. The van der Waals surface area contributed by atoms with Gasteiger partial charge in [0.25, 0.3) is 0 Å². The van der Waals surface area contributed by atoms with Gasteiger partial charge in [-0.15, -0.1) is 11.8 Å². The highest BCUT2D eigenvalue weighted by Crippen LogP contribution is 2.40. The van der Waals surface area contributed by atoms with Crippen molar-refractivity contribution in [1.29, 1.82) is 0 Å². The van der Waals surface area contributed by atoms with E-state index in [9.17, 15) is 0 Å². The molecule has 8 nitrogen and oxygen atoms in total. The van der Waals surface area contributed by atoms with Crippen LogP contribution in [0.1, 0.15) is 25.0 Å². The van der Waals surface area contributed by atoms with Gasteiger partial charge in [-0.1, -0.05) is 0 Å². The Hall–Kier alpha value is -2.23. The molecule has 0 amide bonds. The number of ether oxygens (including phenoxy) is 4. The van der Waals surface area contributed by atoms with Gasteiger partial charge in [0, 0.05) is 37.1 Å². The third kappa shape index (κ3) is 5.88. The molecule has 154 valence electrons. The largest absolute Gasteiger partial charge is 0.493 e. The summed E-state index contributed by atoms with van der Waals surface area (Å²) in [6.45, 7) is 5.06. The second-order valence-corrected chi connectivity index (χ2v) is 6.86. The van der Waals surface area contributed by atoms with Crippen molar-refractivity contribution in [3.05, 3.63) is 29.5 Å². The predicted octanol–water partition coefficient (Wildman–Crippen LogP) is 2.74. The fourth-order valence-electron chi connectivity index (χ4n) is 2.66. The van der Waals surface area contributed by atoms with Gasteiger partial charge in [-0.3, -0.25) is 0 Å². The minimum atomic E-state index is -0.291. The van der Waals surface area contributed by atoms with Crippen molar-refractivity contribution in [2.24, 2.45) is 0 Å². The number of nitrogen functional groups attached to an aromatic ring is 2. The number of aromatic nitrogens is 2.